The van der Waals surface area contributed by atoms with Crippen LogP contribution < -0.4 is 9.46 Å². The van der Waals surface area contributed by atoms with E-state index in [9.17, 15) is 8.42 Å². The SMILES string of the molecule is CS(=O)(=O)NC1CC2CCC(C1)N2CCc1ccc(Oc2nc3c(Cl)cccc3s2)cc1. The molecule has 0 radical (unpaired) electrons. The molecule has 3 aromatic rings. The number of para-hydroxylation sites is 1. The Labute approximate surface area is 197 Å². The molecule has 3 heterocycles. The topological polar surface area (TPSA) is 71.5 Å². The van der Waals surface area contributed by atoms with Crippen LogP contribution in [-0.4, -0.2) is 49.2 Å². The summed E-state index contributed by atoms with van der Waals surface area (Å²) in [5.41, 5.74) is 2.04. The average molecular weight is 492 g/mol. The van der Waals surface area contributed by atoms with Crippen molar-refractivity contribution in [1.82, 2.24) is 14.6 Å². The number of fused-ring (bicyclic) bond motifs is 3. The van der Waals surface area contributed by atoms with Gasteiger partial charge in [-0.05, 0) is 61.9 Å². The third-order valence-corrected chi connectivity index (χ3v) is 8.37. The smallest absolute Gasteiger partial charge is 0.279 e. The molecule has 2 aliphatic rings. The second-order valence-electron chi connectivity index (χ2n) is 8.74. The molecule has 0 aliphatic carbocycles. The Hall–Kier alpha value is -1.71. The molecule has 2 atom stereocenters. The van der Waals surface area contributed by atoms with Gasteiger partial charge >= 0.3 is 0 Å². The van der Waals surface area contributed by atoms with E-state index in [1.165, 1.54) is 23.2 Å². The molecule has 1 N–H and O–H groups in total. The van der Waals surface area contributed by atoms with Crippen molar-refractivity contribution in [2.45, 2.75) is 50.2 Å². The molecule has 2 saturated heterocycles. The van der Waals surface area contributed by atoms with Crippen LogP contribution in [0.2, 0.25) is 5.02 Å². The molecule has 2 fully saturated rings. The van der Waals surface area contributed by atoms with E-state index in [1.54, 1.807) is 0 Å². The minimum Gasteiger partial charge on any atom is -0.431 e. The summed E-state index contributed by atoms with van der Waals surface area (Å²) in [6, 6.07) is 14.9. The summed E-state index contributed by atoms with van der Waals surface area (Å²) in [5.74, 6) is 0.761. The van der Waals surface area contributed by atoms with Gasteiger partial charge in [0.25, 0.3) is 5.19 Å². The van der Waals surface area contributed by atoms with E-state index in [0.717, 1.165) is 54.6 Å². The number of nitrogens with one attached hydrogen (secondary N) is 1. The lowest BCUT2D eigenvalue weighted by Gasteiger charge is -2.39. The highest BCUT2D eigenvalue weighted by Gasteiger charge is 2.40. The summed E-state index contributed by atoms with van der Waals surface area (Å²) in [7, 11) is -3.14. The van der Waals surface area contributed by atoms with Gasteiger partial charge in [0.05, 0.1) is 16.0 Å². The third kappa shape index (κ3) is 4.94. The van der Waals surface area contributed by atoms with E-state index in [0.29, 0.717) is 22.3 Å². The highest BCUT2D eigenvalue weighted by molar-refractivity contribution is 7.88. The van der Waals surface area contributed by atoms with Gasteiger partial charge in [0.15, 0.2) is 0 Å². The number of thiazole rings is 1. The number of nitrogens with zero attached hydrogens (tertiary/aromatic N) is 2. The number of piperidine rings is 1. The molecule has 0 saturated carbocycles. The van der Waals surface area contributed by atoms with Crippen LogP contribution in [0.5, 0.6) is 10.9 Å². The molecule has 2 bridgehead atoms. The second kappa shape index (κ2) is 8.91. The number of hydrogen-bond acceptors (Lipinski definition) is 6. The molecule has 2 aliphatic heterocycles. The molecule has 0 spiro atoms. The number of benzene rings is 2. The summed E-state index contributed by atoms with van der Waals surface area (Å²) < 4.78 is 32.9. The largest absolute Gasteiger partial charge is 0.431 e. The lowest BCUT2D eigenvalue weighted by molar-refractivity contribution is 0.125. The van der Waals surface area contributed by atoms with Crippen molar-refractivity contribution in [1.29, 1.82) is 0 Å². The number of aromatic nitrogens is 1. The lowest BCUT2D eigenvalue weighted by atomic mass is 9.97. The third-order valence-electron chi connectivity index (χ3n) is 6.40. The zero-order chi connectivity index (χ0) is 22.3. The van der Waals surface area contributed by atoms with E-state index < -0.39 is 10.0 Å². The standard InChI is InChI=1S/C23H26ClN3O3S2/c1-32(28,29)26-16-13-17-7-8-18(14-16)27(17)12-11-15-5-9-19(10-6-15)30-23-25-22-20(24)3-2-4-21(22)31-23/h2-6,9-10,16-18,26H,7-8,11-14H2,1H3. The predicted octanol–water partition coefficient (Wildman–Crippen LogP) is 4.83. The minimum atomic E-state index is -3.14. The minimum absolute atomic E-state index is 0.0765. The van der Waals surface area contributed by atoms with Crippen LogP contribution in [0.1, 0.15) is 31.2 Å². The summed E-state index contributed by atoms with van der Waals surface area (Å²) in [6.45, 7) is 0.998. The van der Waals surface area contributed by atoms with Crippen molar-refractivity contribution in [3.63, 3.8) is 0 Å². The molecule has 2 unspecified atom stereocenters. The van der Waals surface area contributed by atoms with E-state index in [1.807, 2.05) is 30.3 Å². The first-order valence-electron chi connectivity index (χ1n) is 10.9. The number of ether oxygens (including phenoxy) is 1. The molecule has 2 aromatic carbocycles. The first-order chi connectivity index (χ1) is 15.3. The quantitative estimate of drug-likeness (QED) is 0.512. The summed E-state index contributed by atoms with van der Waals surface area (Å²) in [4.78, 5) is 7.07. The molecular weight excluding hydrogens is 466 g/mol. The number of halogens is 1. The van der Waals surface area contributed by atoms with Gasteiger partial charge in [0, 0.05) is 24.7 Å². The van der Waals surface area contributed by atoms with Crippen molar-refractivity contribution in [3.05, 3.63) is 53.1 Å². The van der Waals surface area contributed by atoms with Gasteiger partial charge in [-0.3, -0.25) is 4.90 Å². The Bertz CT molecular complexity index is 1200. The fourth-order valence-electron chi connectivity index (χ4n) is 5.06. The normalized spacial score (nSPS) is 23.6. The van der Waals surface area contributed by atoms with E-state index in [-0.39, 0.29) is 6.04 Å². The maximum absolute atomic E-state index is 11.6. The maximum Gasteiger partial charge on any atom is 0.279 e. The zero-order valence-corrected chi connectivity index (χ0v) is 20.2. The van der Waals surface area contributed by atoms with Crippen LogP contribution in [0, 0.1) is 0 Å². The van der Waals surface area contributed by atoms with Crippen molar-refractivity contribution < 1.29 is 13.2 Å². The maximum atomic E-state index is 11.6. The summed E-state index contributed by atoms with van der Waals surface area (Å²) >= 11 is 7.69. The Morgan fingerprint density at radius 3 is 2.53 bits per heavy atom. The van der Waals surface area contributed by atoms with Gasteiger partial charge < -0.3 is 4.74 Å². The number of rotatable bonds is 7. The predicted molar refractivity (Wildman–Crippen MR) is 129 cm³/mol. The first-order valence-corrected chi connectivity index (χ1v) is 14.0. The zero-order valence-electron chi connectivity index (χ0n) is 17.8. The fraction of sp³-hybridized carbons (Fsp3) is 0.435. The van der Waals surface area contributed by atoms with E-state index in [4.69, 9.17) is 16.3 Å². The lowest BCUT2D eigenvalue weighted by Crippen LogP contribution is -2.50. The Morgan fingerprint density at radius 2 is 1.88 bits per heavy atom. The summed E-state index contributed by atoms with van der Waals surface area (Å²) in [5, 5.41) is 1.22. The van der Waals surface area contributed by atoms with Gasteiger partial charge in [-0.15, -0.1) is 0 Å². The van der Waals surface area contributed by atoms with Gasteiger partial charge in [-0.25, -0.2) is 18.1 Å². The highest BCUT2D eigenvalue weighted by atomic mass is 35.5. The van der Waals surface area contributed by atoms with Gasteiger partial charge in [-0.2, -0.15) is 0 Å². The number of sulfonamides is 1. The van der Waals surface area contributed by atoms with Crippen LogP contribution in [-0.2, 0) is 16.4 Å². The van der Waals surface area contributed by atoms with Crippen molar-refractivity contribution in [3.8, 4) is 10.9 Å². The highest BCUT2D eigenvalue weighted by Crippen LogP contribution is 2.37. The molecule has 32 heavy (non-hydrogen) atoms. The Morgan fingerprint density at radius 1 is 1.16 bits per heavy atom. The van der Waals surface area contributed by atoms with Crippen LogP contribution in [0.25, 0.3) is 10.2 Å². The Balaban J connectivity index is 1.17. The van der Waals surface area contributed by atoms with Crippen LogP contribution in [0.4, 0.5) is 0 Å². The second-order valence-corrected chi connectivity index (χ2v) is 11.9. The monoisotopic (exact) mass is 491 g/mol. The van der Waals surface area contributed by atoms with E-state index in [2.05, 4.69) is 26.7 Å². The molecule has 6 nitrogen and oxygen atoms in total. The van der Waals surface area contributed by atoms with Crippen molar-refractivity contribution in [2.75, 3.05) is 12.8 Å². The number of hydrogen-bond donors (Lipinski definition) is 1. The Kier molecular flexibility index (Phi) is 6.15. The van der Waals surface area contributed by atoms with Crippen molar-refractivity contribution in [2.24, 2.45) is 0 Å². The summed E-state index contributed by atoms with van der Waals surface area (Å²) in [6.07, 6.45) is 6.34. The fourth-order valence-corrected chi connectivity index (χ4v) is 6.99. The van der Waals surface area contributed by atoms with Crippen LogP contribution in [0.15, 0.2) is 42.5 Å². The molecule has 5 rings (SSSR count). The van der Waals surface area contributed by atoms with Gasteiger partial charge in [-0.1, -0.05) is 41.1 Å². The van der Waals surface area contributed by atoms with Crippen molar-refractivity contribution >= 4 is 43.2 Å². The van der Waals surface area contributed by atoms with Crippen LogP contribution in [0.3, 0.4) is 0 Å². The average Bonchev–Trinajstić information content (AvgIpc) is 3.25. The first kappa shape index (κ1) is 22.1. The molecule has 170 valence electrons. The van der Waals surface area contributed by atoms with Gasteiger partial charge in [0.2, 0.25) is 10.0 Å². The molecule has 1 aromatic heterocycles. The molecule has 0 amide bonds. The molecule has 9 heteroatoms. The van der Waals surface area contributed by atoms with Crippen LogP contribution >= 0.6 is 22.9 Å². The van der Waals surface area contributed by atoms with E-state index >= 15 is 0 Å². The molecular formula is C23H26ClN3O3S2. The van der Waals surface area contributed by atoms with Gasteiger partial charge in [0.1, 0.15) is 11.3 Å².